The van der Waals surface area contributed by atoms with Crippen LogP contribution in [0.4, 0.5) is 0 Å². The maximum Gasteiger partial charge on any atom is 0.0710 e. The molecule has 0 aliphatic rings. The molecule has 2 heteroatoms. The summed E-state index contributed by atoms with van der Waals surface area (Å²) in [4.78, 5) is 5.02. The summed E-state index contributed by atoms with van der Waals surface area (Å²) >= 11 is 0. The predicted molar refractivity (Wildman–Crippen MR) is 121 cm³/mol. The van der Waals surface area contributed by atoms with Crippen LogP contribution in [0.5, 0.6) is 0 Å². The van der Waals surface area contributed by atoms with Crippen molar-refractivity contribution in [3.8, 4) is 11.3 Å². The van der Waals surface area contributed by atoms with Crippen LogP contribution in [-0.4, -0.2) is 16.3 Å². The van der Waals surface area contributed by atoms with Crippen LogP contribution < -0.4 is 0 Å². The number of nitrogens with zero attached hydrogens (tertiary/aromatic N) is 1. The molecule has 0 radical (unpaired) electrons. The van der Waals surface area contributed by atoms with Gasteiger partial charge in [0.15, 0.2) is 0 Å². The number of aromatic nitrogens is 1. The third-order valence-electron chi connectivity index (χ3n) is 4.41. The number of hydrogen-bond acceptors (Lipinski definition) is 1. The summed E-state index contributed by atoms with van der Waals surface area (Å²) < 4.78 is 0. The van der Waals surface area contributed by atoms with Crippen LogP contribution >= 0.6 is 7.92 Å². The second-order valence-corrected chi connectivity index (χ2v) is 11.0. The summed E-state index contributed by atoms with van der Waals surface area (Å²) in [6.45, 7) is 21.2. The molecule has 142 valence electrons. The van der Waals surface area contributed by atoms with E-state index in [2.05, 4.69) is 85.4 Å². The van der Waals surface area contributed by atoms with E-state index in [4.69, 9.17) is 4.98 Å². The minimum atomic E-state index is -0.0192. The van der Waals surface area contributed by atoms with Gasteiger partial charge in [0.1, 0.15) is 0 Å². The molecule has 0 amide bonds. The minimum Gasteiger partial charge on any atom is -0.252 e. The van der Waals surface area contributed by atoms with Crippen LogP contribution in [0.15, 0.2) is 43.0 Å². The molecule has 0 bridgehead atoms. The number of hydrogen-bond donors (Lipinski definition) is 0. The van der Waals surface area contributed by atoms with Gasteiger partial charge in [-0.3, -0.25) is 4.98 Å². The lowest BCUT2D eigenvalue weighted by molar-refractivity contribution is 0.987. The van der Waals surface area contributed by atoms with Gasteiger partial charge in [0.05, 0.1) is 5.69 Å². The Balaban J connectivity index is 0.00000105. The van der Waals surface area contributed by atoms with E-state index in [-0.39, 0.29) is 7.92 Å². The highest BCUT2D eigenvalue weighted by Crippen LogP contribution is 2.48. The summed E-state index contributed by atoms with van der Waals surface area (Å²) in [5.74, 6) is 0. The van der Waals surface area contributed by atoms with Gasteiger partial charge in [0.25, 0.3) is 0 Å². The summed E-state index contributed by atoms with van der Waals surface area (Å²) in [5.41, 5.74) is 9.13. The van der Waals surface area contributed by atoms with Crippen molar-refractivity contribution in [2.45, 2.75) is 72.9 Å². The molecule has 0 saturated heterocycles. The highest BCUT2D eigenvalue weighted by atomic mass is 31.1. The first-order chi connectivity index (χ1) is 12.2. The summed E-state index contributed by atoms with van der Waals surface area (Å²) in [6.07, 6.45) is 2.88. The molecule has 0 unspecified atom stereocenters. The van der Waals surface area contributed by atoms with Gasteiger partial charge in [-0.2, -0.15) is 0 Å². The summed E-state index contributed by atoms with van der Waals surface area (Å²) in [5, 5.41) is 0. The zero-order chi connectivity index (χ0) is 19.9. The second-order valence-electron chi connectivity index (χ2n) is 7.56. The molecular formula is C24H36NP. The Hall–Kier alpha value is -1.46. The Bertz CT molecular complexity index is 685. The molecule has 1 heterocycles. The van der Waals surface area contributed by atoms with Crippen molar-refractivity contribution < 1.29 is 0 Å². The topological polar surface area (TPSA) is 12.9 Å². The van der Waals surface area contributed by atoms with Gasteiger partial charge >= 0.3 is 0 Å². The molecular weight excluding hydrogens is 333 g/mol. The maximum absolute atomic E-state index is 5.02. The fourth-order valence-corrected chi connectivity index (χ4v) is 5.91. The van der Waals surface area contributed by atoms with Gasteiger partial charge in [0, 0.05) is 17.4 Å². The summed E-state index contributed by atoms with van der Waals surface area (Å²) in [7, 11) is -0.0192. The highest BCUT2D eigenvalue weighted by Gasteiger charge is 2.18. The van der Waals surface area contributed by atoms with Crippen molar-refractivity contribution in [1.29, 1.82) is 0 Å². The lowest BCUT2D eigenvalue weighted by atomic mass is 9.97. The predicted octanol–water partition coefficient (Wildman–Crippen LogP) is 7.66. The average Bonchev–Trinajstić information content (AvgIpc) is 2.52. The average molecular weight is 370 g/mol. The van der Waals surface area contributed by atoms with Gasteiger partial charge in [-0.25, -0.2) is 0 Å². The van der Waals surface area contributed by atoms with Gasteiger partial charge in [-0.05, 0) is 62.3 Å². The molecule has 0 saturated carbocycles. The van der Waals surface area contributed by atoms with E-state index >= 15 is 0 Å². The number of pyridine rings is 1. The van der Waals surface area contributed by atoms with Crippen molar-refractivity contribution in [1.82, 2.24) is 4.98 Å². The molecule has 1 aromatic heterocycles. The molecule has 26 heavy (non-hydrogen) atoms. The third-order valence-corrected chi connectivity index (χ3v) is 7.75. The van der Waals surface area contributed by atoms with E-state index in [0.717, 1.165) is 23.2 Å². The number of allylic oxidation sites excluding steroid dienone is 1. The highest BCUT2D eigenvalue weighted by molar-refractivity contribution is 7.58. The van der Waals surface area contributed by atoms with E-state index in [1.165, 1.54) is 27.9 Å². The Morgan fingerprint density at radius 1 is 1.00 bits per heavy atom. The lowest BCUT2D eigenvalue weighted by Gasteiger charge is -2.25. The Morgan fingerprint density at radius 3 is 1.96 bits per heavy atom. The number of rotatable bonds is 5. The number of benzene rings is 1. The second kappa shape index (κ2) is 10.6. The van der Waals surface area contributed by atoms with E-state index in [9.17, 15) is 0 Å². The molecule has 0 fully saturated rings. The lowest BCUT2D eigenvalue weighted by Crippen LogP contribution is -2.06. The molecule has 2 rings (SSSR count). The monoisotopic (exact) mass is 369 g/mol. The molecule has 0 aliphatic carbocycles. The molecule has 0 spiro atoms. The van der Waals surface area contributed by atoms with Gasteiger partial charge in [-0.1, -0.05) is 65.5 Å². The SMILES string of the molecule is C=CC.Cc1cc(C)c(-c2cccc(CP(C(C)C)C(C)C)n2)c(C)c1. The maximum atomic E-state index is 5.02. The molecule has 1 aromatic carbocycles. The fourth-order valence-electron chi connectivity index (χ4n) is 3.44. The fraction of sp³-hybridized carbons (Fsp3) is 0.458. The van der Waals surface area contributed by atoms with Crippen molar-refractivity contribution in [2.24, 2.45) is 0 Å². The molecule has 2 aromatic rings. The molecule has 0 N–H and O–H groups in total. The van der Waals surface area contributed by atoms with Gasteiger partial charge in [-0.15, -0.1) is 6.58 Å². The Kier molecular flexibility index (Phi) is 9.23. The molecule has 1 nitrogen and oxygen atoms in total. The van der Waals surface area contributed by atoms with Crippen molar-refractivity contribution >= 4 is 7.92 Å². The van der Waals surface area contributed by atoms with Crippen molar-refractivity contribution in [2.75, 3.05) is 0 Å². The van der Waals surface area contributed by atoms with E-state index in [0.29, 0.717) is 0 Å². The summed E-state index contributed by atoms with van der Waals surface area (Å²) in [6, 6.07) is 11.0. The van der Waals surface area contributed by atoms with Crippen LogP contribution in [0.1, 0.15) is 57.0 Å². The standard InChI is InChI=1S/C21H30NP.C3H6/c1-14(2)23(15(3)4)13-19-9-8-10-20(22-19)21-17(6)11-16(5)12-18(21)7;1-3-2/h8-12,14-15H,13H2,1-7H3;3H,1H2,2H3. The van der Waals surface area contributed by atoms with Crippen molar-refractivity contribution in [3.63, 3.8) is 0 Å². The van der Waals surface area contributed by atoms with Crippen LogP contribution in [0.3, 0.4) is 0 Å². The minimum absolute atomic E-state index is 0.0192. The third kappa shape index (κ3) is 6.36. The van der Waals surface area contributed by atoms with E-state index < -0.39 is 0 Å². The number of aryl methyl sites for hydroxylation is 3. The quantitative estimate of drug-likeness (QED) is 0.389. The first-order valence-electron chi connectivity index (χ1n) is 9.58. The first-order valence-corrected chi connectivity index (χ1v) is 11.2. The largest absolute Gasteiger partial charge is 0.252 e. The van der Waals surface area contributed by atoms with Crippen LogP contribution in [0, 0.1) is 20.8 Å². The van der Waals surface area contributed by atoms with Crippen LogP contribution in [-0.2, 0) is 6.16 Å². The molecule has 0 aliphatic heterocycles. The van der Waals surface area contributed by atoms with E-state index in [1.54, 1.807) is 6.08 Å². The normalized spacial score (nSPS) is 10.9. The Labute approximate surface area is 162 Å². The van der Waals surface area contributed by atoms with Crippen molar-refractivity contribution in [3.05, 3.63) is 65.4 Å². The first kappa shape index (κ1) is 22.6. The van der Waals surface area contributed by atoms with Crippen LogP contribution in [0.2, 0.25) is 0 Å². The van der Waals surface area contributed by atoms with Crippen LogP contribution in [0.25, 0.3) is 11.3 Å². The van der Waals surface area contributed by atoms with Gasteiger partial charge in [0.2, 0.25) is 0 Å². The van der Waals surface area contributed by atoms with E-state index in [1.807, 2.05) is 6.92 Å². The Morgan fingerprint density at radius 2 is 1.50 bits per heavy atom. The zero-order valence-electron chi connectivity index (χ0n) is 17.9. The zero-order valence-corrected chi connectivity index (χ0v) is 18.8. The molecule has 0 atom stereocenters. The van der Waals surface area contributed by atoms with Gasteiger partial charge < -0.3 is 0 Å². The smallest absolute Gasteiger partial charge is 0.0710 e.